The highest BCUT2D eigenvalue weighted by Gasteiger charge is 2.11. The molecule has 2 rings (SSSR count). The molecule has 0 aliphatic carbocycles. The molecule has 1 aromatic carbocycles. The number of sulfonamides is 1. The minimum atomic E-state index is -3.32. The zero-order valence-corrected chi connectivity index (χ0v) is 13.9. The third-order valence-corrected chi connectivity index (χ3v) is 4.52. The summed E-state index contributed by atoms with van der Waals surface area (Å²) < 4.78 is 41.0. The number of ether oxygens (including phenoxy) is 2. The Morgan fingerprint density at radius 1 is 1.26 bits per heavy atom. The molecule has 0 spiro atoms. The Bertz CT molecular complexity index is 727. The molecule has 0 fully saturated rings. The Labute approximate surface area is 135 Å². The van der Waals surface area contributed by atoms with Gasteiger partial charge in [0.15, 0.2) is 5.76 Å². The van der Waals surface area contributed by atoms with Gasteiger partial charge in [-0.15, -0.1) is 0 Å². The molecule has 0 radical (unpaired) electrons. The minimum Gasteiger partial charge on any atom is -0.497 e. The van der Waals surface area contributed by atoms with E-state index in [4.69, 9.17) is 14.0 Å². The molecule has 0 amide bonds. The number of hydrogen-bond donors (Lipinski definition) is 1. The van der Waals surface area contributed by atoms with Crippen LogP contribution in [0.25, 0.3) is 11.3 Å². The van der Waals surface area contributed by atoms with Crippen LogP contribution in [-0.2, 0) is 21.2 Å². The summed E-state index contributed by atoms with van der Waals surface area (Å²) in [5.41, 5.74) is 1.53. The molecule has 0 bridgehead atoms. The van der Waals surface area contributed by atoms with Gasteiger partial charge < -0.3 is 14.0 Å². The third kappa shape index (κ3) is 5.34. The van der Waals surface area contributed by atoms with Gasteiger partial charge in [0.1, 0.15) is 5.75 Å². The fraction of sp³-hybridized carbons (Fsp3) is 0.400. The van der Waals surface area contributed by atoms with Crippen molar-refractivity contribution in [1.29, 1.82) is 0 Å². The summed E-state index contributed by atoms with van der Waals surface area (Å²) in [6.07, 6.45) is 0.444. The first-order valence-corrected chi connectivity index (χ1v) is 8.75. The second-order valence-electron chi connectivity index (χ2n) is 4.87. The van der Waals surface area contributed by atoms with E-state index in [-0.39, 0.29) is 18.9 Å². The molecule has 7 nitrogen and oxygen atoms in total. The van der Waals surface area contributed by atoms with Gasteiger partial charge in [-0.3, -0.25) is 0 Å². The molecule has 1 aromatic heterocycles. The summed E-state index contributed by atoms with van der Waals surface area (Å²) in [4.78, 5) is 0. The molecule has 0 unspecified atom stereocenters. The van der Waals surface area contributed by atoms with Crippen LogP contribution in [0.2, 0.25) is 0 Å². The highest BCUT2D eigenvalue weighted by Crippen LogP contribution is 2.24. The summed E-state index contributed by atoms with van der Waals surface area (Å²) in [6, 6.07) is 9.23. The summed E-state index contributed by atoms with van der Waals surface area (Å²) >= 11 is 0. The van der Waals surface area contributed by atoms with Crippen molar-refractivity contribution >= 4 is 10.0 Å². The second kappa shape index (κ2) is 8.09. The molecule has 126 valence electrons. The molecule has 23 heavy (non-hydrogen) atoms. The minimum absolute atomic E-state index is 0.0582. The van der Waals surface area contributed by atoms with E-state index < -0.39 is 10.0 Å². The van der Waals surface area contributed by atoms with Crippen LogP contribution in [-0.4, -0.2) is 46.7 Å². The van der Waals surface area contributed by atoms with Gasteiger partial charge in [0.2, 0.25) is 10.0 Å². The van der Waals surface area contributed by atoms with Crippen molar-refractivity contribution in [2.45, 2.75) is 6.42 Å². The van der Waals surface area contributed by atoms with Gasteiger partial charge in [-0.2, -0.15) is 0 Å². The van der Waals surface area contributed by atoms with Crippen molar-refractivity contribution in [2.75, 3.05) is 33.1 Å². The van der Waals surface area contributed by atoms with Crippen LogP contribution < -0.4 is 9.46 Å². The summed E-state index contributed by atoms with van der Waals surface area (Å²) in [5.74, 6) is 1.28. The molecule has 1 heterocycles. The molecule has 1 N–H and O–H groups in total. The average Bonchev–Trinajstić information content (AvgIpc) is 3.02. The highest BCUT2D eigenvalue weighted by molar-refractivity contribution is 7.89. The maximum atomic E-state index is 11.6. The Balaban J connectivity index is 1.92. The van der Waals surface area contributed by atoms with E-state index in [1.165, 1.54) is 7.11 Å². The molecule has 0 saturated heterocycles. The summed E-state index contributed by atoms with van der Waals surface area (Å²) in [7, 11) is -0.257. The quantitative estimate of drug-likeness (QED) is 0.743. The van der Waals surface area contributed by atoms with E-state index in [9.17, 15) is 8.42 Å². The predicted octanol–water partition coefficient (Wildman–Crippen LogP) is 1.46. The van der Waals surface area contributed by atoms with E-state index in [1.54, 1.807) is 13.2 Å². The lowest BCUT2D eigenvalue weighted by atomic mass is 10.1. The van der Waals surface area contributed by atoms with Crippen LogP contribution in [0.4, 0.5) is 0 Å². The number of nitrogens with one attached hydrogen (secondary N) is 1. The first kappa shape index (κ1) is 17.5. The molecule has 0 aliphatic heterocycles. The maximum Gasteiger partial charge on any atom is 0.213 e. The molecule has 0 atom stereocenters. The van der Waals surface area contributed by atoms with Crippen LogP contribution in [0.3, 0.4) is 0 Å². The first-order chi connectivity index (χ1) is 11.0. The van der Waals surface area contributed by atoms with Crippen LogP contribution >= 0.6 is 0 Å². The zero-order valence-electron chi connectivity index (χ0n) is 13.1. The Hall–Kier alpha value is -1.90. The number of hydrogen-bond acceptors (Lipinski definition) is 6. The van der Waals surface area contributed by atoms with Crippen molar-refractivity contribution in [2.24, 2.45) is 0 Å². The fourth-order valence-corrected chi connectivity index (χ4v) is 2.89. The normalized spacial score (nSPS) is 11.6. The van der Waals surface area contributed by atoms with Crippen LogP contribution in [0.5, 0.6) is 5.75 Å². The molecule has 8 heteroatoms. The van der Waals surface area contributed by atoms with Gasteiger partial charge >= 0.3 is 0 Å². The topological polar surface area (TPSA) is 90.7 Å². The van der Waals surface area contributed by atoms with E-state index >= 15 is 0 Å². The lowest BCUT2D eigenvalue weighted by Crippen LogP contribution is -2.30. The predicted molar refractivity (Wildman–Crippen MR) is 85.9 cm³/mol. The Morgan fingerprint density at radius 3 is 2.83 bits per heavy atom. The van der Waals surface area contributed by atoms with E-state index in [0.717, 1.165) is 11.3 Å². The number of benzene rings is 1. The fourth-order valence-electron chi connectivity index (χ4n) is 1.94. The SMILES string of the molecule is COCCS(=O)(=O)NCCc1cc(-c2cccc(OC)c2)on1. The lowest BCUT2D eigenvalue weighted by Gasteiger charge is -2.04. The average molecular weight is 340 g/mol. The van der Waals surface area contributed by atoms with Gasteiger partial charge in [-0.1, -0.05) is 17.3 Å². The smallest absolute Gasteiger partial charge is 0.213 e. The van der Waals surface area contributed by atoms with Crippen molar-refractivity contribution in [3.8, 4) is 17.1 Å². The number of methoxy groups -OCH3 is 2. The molecule has 2 aromatic rings. The molecule has 0 saturated carbocycles. The van der Waals surface area contributed by atoms with Gasteiger partial charge in [-0.25, -0.2) is 13.1 Å². The molecule has 0 aliphatic rings. The van der Waals surface area contributed by atoms with Crippen molar-refractivity contribution in [1.82, 2.24) is 9.88 Å². The first-order valence-electron chi connectivity index (χ1n) is 7.10. The van der Waals surface area contributed by atoms with Crippen LogP contribution in [0.15, 0.2) is 34.9 Å². The van der Waals surface area contributed by atoms with E-state index in [0.29, 0.717) is 17.9 Å². The van der Waals surface area contributed by atoms with Gasteiger partial charge in [0.25, 0.3) is 0 Å². The maximum absolute atomic E-state index is 11.6. The van der Waals surface area contributed by atoms with E-state index in [1.807, 2.05) is 24.3 Å². The van der Waals surface area contributed by atoms with Crippen LogP contribution in [0.1, 0.15) is 5.69 Å². The van der Waals surface area contributed by atoms with Gasteiger partial charge in [0.05, 0.1) is 25.2 Å². The van der Waals surface area contributed by atoms with E-state index in [2.05, 4.69) is 9.88 Å². The van der Waals surface area contributed by atoms with Gasteiger partial charge in [0, 0.05) is 31.7 Å². The molecular weight excluding hydrogens is 320 g/mol. The van der Waals surface area contributed by atoms with Crippen molar-refractivity contribution in [3.05, 3.63) is 36.0 Å². The van der Waals surface area contributed by atoms with Crippen LogP contribution in [0, 0.1) is 0 Å². The van der Waals surface area contributed by atoms with Crippen molar-refractivity contribution in [3.63, 3.8) is 0 Å². The number of aromatic nitrogens is 1. The summed E-state index contributed by atoms with van der Waals surface area (Å²) in [6.45, 7) is 0.426. The lowest BCUT2D eigenvalue weighted by molar-refractivity contribution is 0.217. The standard InChI is InChI=1S/C15H20N2O5S/c1-20-8-9-23(18,19)16-7-6-13-11-15(22-17-13)12-4-3-5-14(10-12)21-2/h3-5,10-11,16H,6-9H2,1-2H3. The zero-order chi connectivity index (χ0) is 16.7. The number of nitrogens with zero attached hydrogens (tertiary/aromatic N) is 1. The highest BCUT2D eigenvalue weighted by atomic mass is 32.2. The largest absolute Gasteiger partial charge is 0.497 e. The molecular formula is C15H20N2O5S. The third-order valence-electron chi connectivity index (χ3n) is 3.17. The van der Waals surface area contributed by atoms with Gasteiger partial charge in [-0.05, 0) is 12.1 Å². The summed E-state index contributed by atoms with van der Waals surface area (Å²) in [5, 5.41) is 3.95. The monoisotopic (exact) mass is 340 g/mol. The Kier molecular flexibility index (Phi) is 6.14. The second-order valence-corrected chi connectivity index (χ2v) is 6.80. The van der Waals surface area contributed by atoms with Crippen molar-refractivity contribution < 1.29 is 22.4 Å². The number of rotatable bonds is 9. The Morgan fingerprint density at radius 2 is 2.09 bits per heavy atom.